The Balaban J connectivity index is 3.31. The van der Waals surface area contributed by atoms with Gasteiger partial charge in [0.2, 0.25) is 0 Å². The van der Waals surface area contributed by atoms with Gasteiger partial charge in [0, 0.05) is 12.3 Å². The van der Waals surface area contributed by atoms with Crippen LogP contribution in [0.15, 0.2) is 0 Å². The van der Waals surface area contributed by atoms with Crippen LogP contribution in [0.25, 0.3) is 0 Å². The number of nitrogens with one attached hydrogen (secondary N) is 1. The maximum absolute atomic E-state index is 11.6. The lowest BCUT2D eigenvalue weighted by molar-refractivity contribution is -0.173. The van der Waals surface area contributed by atoms with Gasteiger partial charge in [0.25, 0.3) is 0 Å². The Labute approximate surface area is 99.4 Å². The van der Waals surface area contributed by atoms with Crippen molar-refractivity contribution in [2.45, 2.75) is 19.5 Å². The van der Waals surface area contributed by atoms with Gasteiger partial charge in [-0.1, -0.05) is 6.92 Å². The Morgan fingerprint density at radius 2 is 1.88 bits per heavy atom. The van der Waals surface area contributed by atoms with Crippen LogP contribution in [0.5, 0.6) is 0 Å². The third-order valence-electron chi connectivity index (χ3n) is 1.94. The summed E-state index contributed by atoms with van der Waals surface area (Å²) >= 11 is 0. The maximum atomic E-state index is 11.6. The summed E-state index contributed by atoms with van der Waals surface area (Å²) in [5.74, 6) is 0.210. The van der Waals surface area contributed by atoms with Crippen molar-refractivity contribution in [1.29, 1.82) is 0 Å². The predicted octanol–water partition coefficient (Wildman–Crippen LogP) is 0.980. The van der Waals surface area contributed by atoms with Crippen LogP contribution in [0.2, 0.25) is 0 Å². The van der Waals surface area contributed by atoms with Gasteiger partial charge >= 0.3 is 6.18 Å². The molecule has 0 saturated carbocycles. The molecule has 0 aromatic heterocycles. The van der Waals surface area contributed by atoms with Gasteiger partial charge in [-0.25, -0.2) is 8.42 Å². The largest absolute Gasteiger partial charge is 0.411 e. The zero-order valence-corrected chi connectivity index (χ0v) is 10.5. The monoisotopic (exact) mass is 277 g/mol. The Kier molecular flexibility index (Phi) is 7.73. The summed E-state index contributed by atoms with van der Waals surface area (Å²) in [6.45, 7) is 1.02. The molecule has 0 fully saturated rings. The first-order valence-corrected chi connectivity index (χ1v) is 7.14. The SMILES string of the molecule is CCS(=O)(=O)CCCNCCOCC(F)(F)F. The minimum absolute atomic E-state index is 0.0416. The van der Waals surface area contributed by atoms with E-state index in [-0.39, 0.29) is 24.7 Å². The van der Waals surface area contributed by atoms with Gasteiger partial charge in [-0.15, -0.1) is 0 Å². The summed E-state index contributed by atoms with van der Waals surface area (Å²) in [4.78, 5) is 0. The Bertz CT molecular complexity index is 290. The second kappa shape index (κ2) is 7.88. The molecule has 0 aliphatic heterocycles. The molecule has 0 amide bonds. The number of ether oxygens (including phenoxy) is 1. The molecular formula is C9H18F3NO3S. The van der Waals surface area contributed by atoms with Crippen molar-refractivity contribution in [2.75, 3.05) is 37.8 Å². The molecule has 1 N–H and O–H groups in total. The molecule has 0 spiro atoms. The first-order chi connectivity index (χ1) is 7.77. The van der Waals surface area contributed by atoms with Crippen LogP contribution in [0, 0.1) is 0 Å². The summed E-state index contributed by atoms with van der Waals surface area (Å²) in [5.41, 5.74) is 0. The standard InChI is InChI=1S/C9H18F3NO3S/c1-2-17(14,15)7-3-4-13-5-6-16-8-9(10,11)12/h13H,2-8H2,1H3. The normalized spacial score (nSPS) is 12.9. The number of hydrogen-bond donors (Lipinski definition) is 1. The third-order valence-corrected chi connectivity index (χ3v) is 3.73. The first kappa shape index (κ1) is 16.7. The van der Waals surface area contributed by atoms with E-state index in [0.29, 0.717) is 13.0 Å². The fourth-order valence-corrected chi connectivity index (χ4v) is 1.89. The van der Waals surface area contributed by atoms with Gasteiger partial charge in [-0.05, 0) is 13.0 Å². The highest BCUT2D eigenvalue weighted by Gasteiger charge is 2.27. The zero-order valence-electron chi connectivity index (χ0n) is 9.72. The van der Waals surface area contributed by atoms with Crippen LogP contribution in [0.1, 0.15) is 13.3 Å². The highest BCUT2D eigenvalue weighted by Crippen LogP contribution is 2.13. The first-order valence-electron chi connectivity index (χ1n) is 5.32. The molecule has 0 atom stereocenters. The molecule has 0 saturated heterocycles. The summed E-state index contributed by atoms with van der Waals surface area (Å²) in [6.07, 6.45) is -3.84. The molecule has 0 aromatic rings. The van der Waals surface area contributed by atoms with E-state index in [9.17, 15) is 21.6 Å². The van der Waals surface area contributed by atoms with E-state index in [1.54, 1.807) is 6.92 Å². The van der Waals surface area contributed by atoms with Gasteiger partial charge in [0.05, 0.1) is 12.4 Å². The molecule has 0 rings (SSSR count). The highest BCUT2D eigenvalue weighted by atomic mass is 32.2. The van der Waals surface area contributed by atoms with Crippen LogP contribution >= 0.6 is 0 Å². The van der Waals surface area contributed by atoms with E-state index >= 15 is 0 Å². The van der Waals surface area contributed by atoms with E-state index in [2.05, 4.69) is 10.1 Å². The van der Waals surface area contributed by atoms with E-state index < -0.39 is 22.6 Å². The third kappa shape index (κ3) is 11.9. The van der Waals surface area contributed by atoms with Crippen molar-refractivity contribution in [3.8, 4) is 0 Å². The molecule has 0 aromatic carbocycles. The van der Waals surface area contributed by atoms with Crippen molar-refractivity contribution < 1.29 is 26.3 Å². The van der Waals surface area contributed by atoms with E-state index in [1.807, 2.05) is 0 Å². The number of halogens is 3. The van der Waals surface area contributed by atoms with E-state index in [0.717, 1.165) is 0 Å². The van der Waals surface area contributed by atoms with Crippen molar-refractivity contribution in [1.82, 2.24) is 5.32 Å². The molecule has 8 heteroatoms. The number of rotatable bonds is 9. The van der Waals surface area contributed by atoms with Gasteiger partial charge in [-0.3, -0.25) is 0 Å². The minimum atomic E-state index is -4.30. The summed E-state index contributed by atoms with van der Waals surface area (Å²) < 4.78 is 61.4. The topological polar surface area (TPSA) is 55.4 Å². The number of sulfone groups is 1. The minimum Gasteiger partial charge on any atom is -0.371 e. The zero-order chi connectivity index (χ0) is 13.4. The van der Waals surface area contributed by atoms with Gasteiger partial charge in [0.1, 0.15) is 16.4 Å². The van der Waals surface area contributed by atoms with Crippen LogP contribution < -0.4 is 5.32 Å². The van der Waals surface area contributed by atoms with Crippen molar-refractivity contribution in [2.24, 2.45) is 0 Å². The molecule has 4 nitrogen and oxygen atoms in total. The molecule has 0 bridgehead atoms. The quantitative estimate of drug-likeness (QED) is 0.638. The summed E-state index contributed by atoms with van der Waals surface area (Å²) in [6, 6.07) is 0. The van der Waals surface area contributed by atoms with Crippen LogP contribution in [0.4, 0.5) is 13.2 Å². The van der Waals surface area contributed by atoms with E-state index in [1.165, 1.54) is 0 Å². The summed E-state index contributed by atoms with van der Waals surface area (Å²) in [7, 11) is -2.96. The number of hydrogen-bond acceptors (Lipinski definition) is 4. The van der Waals surface area contributed by atoms with Gasteiger partial charge < -0.3 is 10.1 Å². The Hall–Kier alpha value is -0.340. The second-order valence-corrected chi connectivity index (χ2v) is 5.98. The summed E-state index contributed by atoms with van der Waals surface area (Å²) in [5, 5.41) is 2.81. The molecule has 0 heterocycles. The molecule has 17 heavy (non-hydrogen) atoms. The molecule has 0 unspecified atom stereocenters. The molecule has 104 valence electrons. The molecule has 0 radical (unpaired) electrons. The highest BCUT2D eigenvalue weighted by molar-refractivity contribution is 7.91. The lowest BCUT2D eigenvalue weighted by Gasteiger charge is -2.08. The smallest absolute Gasteiger partial charge is 0.371 e. The maximum Gasteiger partial charge on any atom is 0.411 e. The molecule has 0 aliphatic carbocycles. The molecular weight excluding hydrogens is 259 g/mol. The van der Waals surface area contributed by atoms with Crippen molar-refractivity contribution in [3.63, 3.8) is 0 Å². The Morgan fingerprint density at radius 1 is 1.24 bits per heavy atom. The van der Waals surface area contributed by atoms with Gasteiger partial charge in [-0.2, -0.15) is 13.2 Å². The lowest BCUT2D eigenvalue weighted by atomic mass is 10.5. The lowest BCUT2D eigenvalue weighted by Crippen LogP contribution is -2.25. The average Bonchev–Trinajstić information content (AvgIpc) is 2.20. The van der Waals surface area contributed by atoms with Crippen molar-refractivity contribution in [3.05, 3.63) is 0 Å². The van der Waals surface area contributed by atoms with E-state index in [4.69, 9.17) is 0 Å². The predicted molar refractivity (Wildman–Crippen MR) is 58.7 cm³/mol. The fraction of sp³-hybridized carbons (Fsp3) is 1.00. The number of alkyl halides is 3. The van der Waals surface area contributed by atoms with Crippen LogP contribution in [-0.2, 0) is 14.6 Å². The average molecular weight is 277 g/mol. The van der Waals surface area contributed by atoms with Crippen LogP contribution in [-0.4, -0.2) is 52.4 Å². The van der Waals surface area contributed by atoms with Gasteiger partial charge in [0.15, 0.2) is 0 Å². The van der Waals surface area contributed by atoms with Crippen LogP contribution in [0.3, 0.4) is 0 Å². The molecule has 0 aliphatic rings. The fourth-order valence-electron chi connectivity index (χ4n) is 1.02. The Morgan fingerprint density at radius 3 is 2.41 bits per heavy atom. The van der Waals surface area contributed by atoms with Crippen molar-refractivity contribution >= 4 is 9.84 Å². The second-order valence-electron chi connectivity index (χ2n) is 3.51.